The van der Waals surface area contributed by atoms with Crippen LogP contribution < -0.4 is 4.74 Å². The van der Waals surface area contributed by atoms with Crippen LogP contribution >= 0.6 is 11.8 Å². The summed E-state index contributed by atoms with van der Waals surface area (Å²) in [5.74, 6) is 0.107. The summed E-state index contributed by atoms with van der Waals surface area (Å²) in [6.07, 6.45) is 1.85. The molecule has 178 valence electrons. The molecule has 1 saturated heterocycles. The fourth-order valence-electron chi connectivity index (χ4n) is 3.35. The van der Waals surface area contributed by atoms with E-state index >= 15 is 0 Å². The van der Waals surface area contributed by atoms with E-state index in [4.69, 9.17) is 14.8 Å². The summed E-state index contributed by atoms with van der Waals surface area (Å²) in [5.41, 5.74) is 2.67. The Balaban J connectivity index is 1.59. The molecule has 0 aromatic heterocycles. The van der Waals surface area contributed by atoms with Gasteiger partial charge in [-0.3, -0.25) is 9.69 Å². The molecule has 0 unspecified atom stereocenters. The number of amidine groups is 1. The molecule has 7 heteroatoms. The van der Waals surface area contributed by atoms with E-state index in [0.29, 0.717) is 22.6 Å². The maximum atomic E-state index is 13.4. The van der Waals surface area contributed by atoms with Crippen molar-refractivity contribution in [3.05, 3.63) is 100 Å². The van der Waals surface area contributed by atoms with E-state index in [1.165, 1.54) is 11.8 Å². The normalized spacial score (nSPS) is 15.9. The van der Waals surface area contributed by atoms with Gasteiger partial charge in [-0.15, -0.1) is 0 Å². The van der Waals surface area contributed by atoms with Crippen LogP contribution in [0.5, 0.6) is 5.75 Å². The van der Waals surface area contributed by atoms with Crippen molar-refractivity contribution in [3.8, 4) is 5.75 Å². The molecule has 1 fully saturated rings. The van der Waals surface area contributed by atoms with Gasteiger partial charge in [0.15, 0.2) is 5.17 Å². The maximum absolute atomic E-state index is 13.4. The lowest BCUT2D eigenvalue weighted by Crippen LogP contribution is -2.28. The second-order valence-electron chi connectivity index (χ2n) is 8.51. The minimum Gasteiger partial charge on any atom is -0.493 e. The predicted molar refractivity (Wildman–Crippen MR) is 140 cm³/mol. The van der Waals surface area contributed by atoms with Crippen molar-refractivity contribution in [2.45, 2.75) is 20.4 Å². The third-order valence-electron chi connectivity index (χ3n) is 5.17. The Hall–Kier alpha value is -3.84. The number of carboxylic acid groups (broad SMARTS) is 1. The number of carbonyl (C=O) groups is 2. The molecule has 0 saturated carbocycles. The highest BCUT2D eigenvalue weighted by Crippen LogP contribution is 2.35. The van der Waals surface area contributed by atoms with Crippen LogP contribution in [0.3, 0.4) is 0 Å². The summed E-state index contributed by atoms with van der Waals surface area (Å²) >= 11 is 1.32. The molecule has 3 aromatic rings. The Morgan fingerprint density at radius 3 is 2.34 bits per heavy atom. The fraction of sp³-hybridized carbons (Fsp3) is 0.179. The van der Waals surface area contributed by atoms with E-state index in [-0.39, 0.29) is 18.0 Å². The van der Waals surface area contributed by atoms with E-state index in [2.05, 4.69) is 13.8 Å². The molecule has 1 aliphatic rings. The molecule has 0 bridgehead atoms. The van der Waals surface area contributed by atoms with Crippen molar-refractivity contribution in [1.82, 2.24) is 4.90 Å². The zero-order valence-corrected chi connectivity index (χ0v) is 20.4. The number of hydrogen-bond acceptors (Lipinski definition) is 5. The summed E-state index contributed by atoms with van der Waals surface area (Å²) in [5, 5.41) is 9.73. The van der Waals surface area contributed by atoms with Crippen LogP contribution in [-0.4, -0.2) is 33.7 Å². The first-order chi connectivity index (χ1) is 16.9. The molecule has 0 aliphatic carbocycles. The number of thioether (sulfide) groups is 1. The monoisotopic (exact) mass is 486 g/mol. The minimum absolute atomic E-state index is 0.146. The van der Waals surface area contributed by atoms with Gasteiger partial charge in [0.1, 0.15) is 5.75 Å². The van der Waals surface area contributed by atoms with Crippen molar-refractivity contribution >= 4 is 40.6 Å². The highest BCUT2D eigenvalue weighted by Gasteiger charge is 2.33. The number of aromatic carboxylic acids is 1. The maximum Gasteiger partial charge on any atom is 0.335 e. The molecular formula is C28H26N2O4S. The smallest absolute Gasteiger partial charge is 0.335 e. The molecule has 3 aromatic carbocycles. The Bertz CT molecular complexity index is 1250. The van der Waals surface area contributed by atoms with Crippen LogP contribution in [0.4, 0.5) is 5.69 Å². The number of para-hydroxylation sites is 1. The SMILES string of the molecule is CC(C)COc1ccc(/C=C2\SC(=Nc3ccccc3)N(Cc3ccc(C(=O)O)cc3)C2=O)cc1. The summed E-state index contributed by atoms with van der Waals surface area (Å²) in [4.78, 5) is 31.4. The molecule has 1 aliphatic heterocycles. The van der Waals surface area contributed by atoms with E-state index in [1.807, 2.05) is 60.7 Å². The number of benzene rings is 3. The van der Waals surface area contributed by atoms with Gasteiger partial charge in [0, 0.05) is 0 Å². The molecule has 0 spiro atoms. The van der Waals surface area contributed by atoms with Crippen molar-refractivity contribution in [3.63, 3.8) is 0 Å². The first kappa shape index (κ1) is 24.3. The zero-order chi connectivity index (χ0) is 24.8. The van der Waals surface area contributed by atoms with Gasteiger partial charge in [0.05, 0.1) is 29.3 Å². The third kappa shape index (κ3) is 6.39. The van der Waals surface area contributed by atoms with Gasteiger partial charge in [-0.2, -0.15) is 0 Å². The average Bonchev–Trinajstić information content (AvgIpc) is 3.13. The Morgan fingerprint density at radius 2 is 1.71 bits per heavy atom. The molecule has 35 heavy (non-hydrogen) atoms. The molecule has 0 atom stereocenters. The first-order valence-corrected chi connectivity index (χ1v) is 12.1. The van der Waals surface area contributed by atoms with E-state index < -0.39 is 5.97 Å². The molecule has 1 heterocycles. The molecule has 1 N–H and O–H groups in total. The number of ether oxygens (including phenoxy) is 1. The van der Waals surface area contributed by atoms with Gasteiger partial charge in [-0.1, -0.05) is 56.3 Å². The standard InChI is InChI=1S/C28H26N2O4S/c1-19(2)18-34-24-14-10-20(11-15-24)16-25-26(31)30(17-21-8-12-22(13-9-21)27(32)33)28(35-25)29-23-6-4-3-5-7-23/h3-16,19H,17-18H2,1-2H3,(H,32,33)/b25-16-,29-28?. The van der Waals surface area contributed by atoms with Gasteiger partial charge in [-0.25, -0.2) is 9.79 Å². The highest BCUT2D eigenvalue weighted by molar-refractivity contribution is 8.18. The lowest BCUT2D eigenvalue weighted by molar-refractivity contribution is -0.122. The quantitative estimate of drug-likeness (QED) is 0.382. The van der Waals surface area contributed by atoms with Crippen LogP contribution in [0.15, 0.2) is 88.8 Å². The topological polar surface area (TPSA) is 79.2 Å². The van der Waals surface area contributed by atoms with E-state index in [1.54, 1.807) is 29.2 Å². The van der Waals surface area contributed by atoms with Crippen LogP contribution in [0.2, 0.25) is 0 Å². The number of amides is 1. The summed E-state index contributed by atoms with van der Waals surface area (Å²) in [6.45, 7) is 5.14. The van der Waals surface area contributed by atoms with Crippen molar-refractivity contribution in [2.24, 2.45) is 10.9 Å². The second kappa shape index (κ2) is 11.1. The number of hydrogen-bond donors (Lipinski definition) is 1. The minimum atomic E-state index is -0.985. The summed E-state index contributed by atoms with van der Waals surface area (Å²) in [6, 6.07) is 23.7. The van der Waals surface area contributed by atoms with Crippen molar-refractivity contribution in [2.75, 3.05) is 6.61 Å². The Kier molecular flexibility index (Phi) is 7.67. The first-order valence-electron chi connectivity index (χ1n) is 11.3. The van der Waals surface area contributed by atoms with Gasteiger partial charge in [-0.05, 0) is 71.3 Å². The number of carboxylic acids is 1. The summed E-state index contributed by atoms with van der Waals surface area (Å²) < 4.78 is 5.75. The number of aliphatic imine (C=N–C) groups is 1. The molecule has 4 rings (SSSR count). The van der Waals surface area contributed by atoms with Crippen LogP contribution in [0.25, 0.3) is 6.08 Å². The Labute approximate surface area is 209 Å². The van der Waals surface area contributed by atoms with Gasteiger partial charge in [0.2, 0.25) is 0 Å². The lowest BCUT2D eigenvalue weighted by atomic mass is 10.1. The molecular weight excluding hydrogens is 460 g/mol. The largest absolute Gasteiger partial charge is 0.493 e. The summed E-state index contributed by atoms with van der Waals surface area (Å²) in [7, 11) is 0. The molecule has 6 nitrogen and oxygen atoms in total. The van der Waals surface area contributed by atoms with Crippen molar-refractivity contribution in [1.29, 1.82) is 0 Å². The highest BCUT2D eigenvalue weighted by atomic mass is 32.2. The van der Waals surface area contributed by atoms with Crippen LogP contribution in [0.1, 0.15) is 35.3 Å². The lowest BCUT2D eigenvalue weighted by Gasteiger charge is -2.16. The predicted octanol–water partition coefficient (Wildman–Crippen LogP) is 6.22. The van der Waals surface area contributed by atoms with Crippen LogP contribution in [-0.2, 0) is 11.3 Å². The molecule has 0 radical (unpaired) electrons. The average molecular weight is 487 g/mol. The van der Waals surface area contributed by atoms with E-state index in [9.17, 15) is 9.59 Å². The van der Waals surface area contributed by atoms with E-state index in [0.717, 1.165) is 22.6 Å². The number of nitrogens with zero attached hydrogens (tertiary/aromatic N) is 2. The van der Waals surface area contributed by atoms with Gasteiger partial charge < -0.3 is 9.84 Å². The Morgan fingerprint density at radius 1 is 1.03 bits per heavy atom. The molecule has 1 amide bonds. The fourth-order valence-corrected chi connectivity index (χ4v) is 4.35. The second-order valence-corrected chi connectivity index (χ2v) is 9.52. The number of carbonyl (C=O) groups excluding carboxylic acids is 1. The number of rotatable bonds is 8. The van der Waals surface area contributed by atoms with Gasteiger partial charge in [0.25, 0.3) is 5.91 Å². The third-order valence-corrected chi connectivity index (χ3v) is 6.18. The van der Waals surface area contributed by atoms with Crippen molar-refractivity contribution < 1.29 is 19.4 Å². The zero-order valence-electron chi connectivity index (χ0n) is 19.5. The van der Waals surface area contributed by atoms with Crippen LogP contribution in [0, 0.1) is 5.92 Å². The van der Waals surface area contributed by atoms with Gasteiger partial charge >= 0.3 is 5.97 Å².